The number of rotatable bonds is 4. The molecule has 0 atom stereocenters. The molecule has 1 amide bonds. The van der Waals surface area contributed by atoms with Gasteiger partial charge in [0.1, 0.15) is 0 Å². The van der Waals surface area contributed by atoms with E-state index < -0.39 is 0 Å². The Morgan fingerprint density at radius 1 is 0.680 bits per heavy atom. The Morgan fingerprint density at radius 2 is 1.20 bits per heavy atom. The number of hydrogen-bond acceptors (Lipinski definition) is 2. The number of carbonyl (C=O) groups excluding carboxylic acids is 2. The zero-order chi connectivity index (χ0) is 17.8. The van der Waals surface area contributed by atoms with Gasteiger partial charge in [-0.05, 0) is 32.0 Å². The molecule has 3 aromatic rings. The van der Waals surface area contributed by atoms with Gasteiger partial charge >= 0.3 is 0 Å². The second-order valence-electron chi connectivity index (χ2n) is 6.06. The van der Waals surface area contributed by atoms with Crippen LogP contribution in [0.5, 0.6) is 0 Å². The summed E-state index contributed by atoms with van der Waals surface area (Å²) < 4.78 is 0. The number of nitrogens with one attached hydrogen (secondary N) is 1. The van der Waals surface area contributed by atoms with Gasteiger partial charge in [-0.15, -0.1) is 0 Å². The van der Waals surface area contributed by atoms with Crippen LogP contribution in [0, 0.1) is 13.8 Å². The van der Waals surface area contributed by atoms with Gasteiger partial charge in [0, 0.05) is 16.8 Å². The minimum atomic E-state index is -0.292. The largest absolute Gasteiger partial charge is 0.322 e. The van der Waals surface area contributed by atoms with Crippen molar-refractivity contribution in [3.8, 4) is 0 Å². The van der Waals surface area contributed by atoms with E-state index >= 15 is 0 Å². The summed E-state index contributed by atoms with van der Waals surface area (Å²) in [6, 6.07) is 21.8. The van der Waals surface area contributed by atoms with Gasteiger partial charge in [-0.1, -0.05) is 65.7 Å². The molecule has 124 valence electrons. The smallest absolute Gasteiger partial charge is 0.256 e. The van der Waals surface area contributed by atoms with Gasteiger partial charge in [0.2, 0.25) is 0 Å². The highest BCUT2D eigenvalue weighted by Crippen LogP contribution is 2.17. The van der Waals surface area contributed by atoms with Crippen molar-refractivity contribution in [1.82, 2.24) is 0 Å². The van der Waals surface area contributed by atoms with E-state index in [-0.39, 0.29) is 11.7 Å². The predicted molar refractivity (Wildman–Crippen MR) is 100 cm³/mol. The third-order valence-corrected chi connectivity index (χ3v) is 4.04. The molecule has 0 saturated carbocycles. The number of hydrogen-bond donors (Lipinski definition) is 1. The van der Waals surface area contributed by atoms with Gasteiger partial charge in [0.15, 0.2) is 5.78 Å². The summed E-state index contributed by atoms with van der Waals surface area (Å²) in [5.41, 5.74) is 4.24. The molecule has 0 radical (unpaired) electrons. The van der Waals surface area contributed by atoms with E-state index in [1.807, 2.05) is 50.2 Å². The Labute approximate surface area is 147 Å². The first kappa shape index (κ1) is 16.7. The van der Waals surface area contributed by atoms with E-state index in [9.17, 15) is 9.59 Å². The van der Waals surface area contributed by atoms with Crippen LogP contribution >= 0.6 is 0 Å². The lowest BCUT2D eigenvalue weighted by Crippen LogP contribution is -2.17. The Hall–Kier alpha value is -3.20. The lowest BCUT2D eigenvalue weighted by Gasteiger charge is -2.10. The molecule has 0 aromatic heterocycles. The van der Waals surface area contributed by atoms with Crippen molar-refractivity contribution in [2.75, 3.05) is 5.32 Å². The minimum Gasteiger partial charge on any atom is -0.322 e. The Bertz CT molecular complexity index is 910. The van der Waals surface area contributed by atoms with Crippen molar-refractivity contribution in [2.24, 2.45) is 0 Å². The van der Waals surface area contributed by atoms with Crippen LogP contribution in [0.25, 0.3) is 0 Å². The molecule has 3 aromatic carbocycles. The molecule has 3 rings (SSSR count). The number of benzene rings is 3. The predicted octanol–water partition coefficient (Wildman–Crippen LogP) is 4.79. The SMILES string of the molecule is Cc1ccc(NC(=O)c2ccccc2C(=O)c2ccc(C)cc2)cc1. The van der Waals surface area contributed by atoms with E-state index in [0.29, 0.717) is 22.4 Å². The maximum Gasteiger partial charge on any atom is 0.256 e. The van der Waals surface area contributed by atoms with Crippen molar-refractivity contribution in [3.63, 3.8) is 0 Å². The lowest BCUT2D eigenvalue weighted by atomic mass is 9.97. The van der Waals surface area contributed by atoms with Gasteiger partial charge in [-0.25, -0.2) is 0 Å². The summed E-state index contributed by atoms with van der Waals surface area (Å²) in [7, 11) is 0. The zero-order valence-corrected chi connectivity index (χ0v) is 14.2. The molecule has 0 unspecified atom stereocenters. The molecule has 0 fully saturated rings. The van der Waals surface area contributed by atoms with Crippen LogP contribution in [-0.2, 0) is 0 Å². The van der Waals surface area contributed by atoms with Crippen LogP contribution < -0.4 is 5.32 Å². The van der Waals surface area contributed by atoms with Gasteiger partial charge < -0.3 is 5.32 Å². The average Bonchev–Trinajstić information content (AvgIpc) is 2.63. The monoisotopic (exact) mass is 329 g/mol. The highest BCUT2D eigenvalue weighted by atomic mass is 16.2. The fraction of sp³-hybridized carbons (Fsp3) is 0.0909. The van der Waals surface area contributed by atoms with Gasteiger partial charge in [-0.2, -0.15) is 0 Å². The fourth-order valence-electron chi connectivity index (χ4n) is 2.57. The molecule has 0 aliphatic carbocycles. The molecular weight excluding hydrogens is 310 g/mol. The topological polar surface area (TPSA) is 46.2 Å². The molecule has 0 aliphatic heterocycles. The van der Waals surface area contributed by atoms with Crippen molar-refractivity contribution in [1.29, 1.82) is 0 Å². The average molecular weight is 329 g/mol. The number of ketones is 1. The summed E-state index contributed by atoms with van der Waals surface area (Å²) >= 11 is 0. The van der Waals surface area contributed by atoms with Gasteiger partial charge in [-0.3, -0.25) is 9.59 Å². The first-order chi connectivity index (χ1) is 12.0. The summed E-state index contributed by atoms with van der Waals surface area (Å²) in [5.74, 6) is -0.449. The zero-order valence-electron chi connectivity index (χ0n) is 14.2. The van der Waals surface area contributed by atoms with E-state index in [0.717, 1.165) is 11.1 Å². The maximum absolute atomic E-state index is 12.8. The van der Waals surface area contributed by atoms with Crippen LogP contribution in [-0.4, -0.2) is 11.7 Å². The number of aryl methyl sites for hydroxylation is 2. The molecular formula is C22H19NO2. The van der Waals surface area contributed by atoms with Crippen LogP contribution in [0.4, 0.5) is 5.69 Å². The second-order valence-corrected chi connectivity index (χ2v) is 6.06. The van der Waals surface area contributed by atoms with Crippen molar-refractivity contribution in [2.45, 2.75) is 13.8 Å². The van der Waals surface area contributed by atoms with Crippen molar-refractivity contribution < 1.29 is 9.59 Å². The molecule has 0 saturated heterocycles. The van der Waals surface area contributed by atoms with Crippen LogP contribution in [0.15, 0.2) is 72.8 Å². The Kier molecular flexibility index (Phi) is 4.75. The van der Waals surface area contributed by atoms with Crippen molar-refractivity contribution in [3.05, 3.63) is 101 Å². The third kappa shape index (κ3) is 3.83. The first-order valence-electron chi connectivity index (χ1n) is 8.13. The standard InChI is InChI=1S/C22H19NO2/c1-15-7-11-17(12-8-15)21(24)19-5-3-4-6-20(19)22(25)23-18-13-9-16(2)10-14-18/h3-14H,1-2H3,(H,23,25). The number of anilines is 1. The first-order valence-corrected chi connectivity index (χ1v) is 8.13. The van der Waals surface area contributed by atoms with Crippen LogP contribution in [0.2, 0.25) is 0 Å². The number of amides is 1. The molecule has 0 bridgehead atoms. The number of carbonyl (C=O) groups is 2. The van der Waals surface area contributed by atoms with E-state index in [2.05, 4.69) is 5.32 Å². The molecule has 3 nitrogen and oxygen atoms in total. The molecule has 3 heteroatoms. The molecule has 1 N–H and O–H groups in total. The van der Waals surface area contributed by atoms with Gasteiger partial charge in [0.05, 0.1) is 5.56 Å². The second kappa shape index (κ2) is 7.14. The highest BCUT2D eigenvalue weighted by molar-refractivity contribution is 6.17. The van der Waals surface area contributed by atoms with E-state index in [1.165, 1.54) is 0 Å². The molecule has 0 spiro atoms. The Balaban J connectivity index is 1.89. The van der Waals surface area contributed by atoms with E-state index in [1.54, 1.807) is 36.4 Å². The summed E-state index contributed by atoms with van der Waals surface area (Å²) in [5, 5.41) is 2.85. The van der Waals surface area contributed by atoms with E-state index in [4.69, 9.17) is 0 Å². The van der Waals surface area contributed by atoms with Gasteiger partial charge in [0.25, 0.3) is 5.91 Å². The summed E-state index contributed by atoms with van der Waals surface area (Å²) in [4.78, 5) is 25.4. The molecule has 25 heavy (non-hydrogen) atoms. The fourth-order valence-corrected chi connectivity index (χ4v) is 2.57. The summed E-state index contributed by atoms with van der Waals surface area (Å²) in [6.07, 6.45) is 0. The third-order valence-electron chi connectivity index (χ3n) is 4.04. The molecule has 0 aliphatic rings. The minimum absolute atomic E-state index is 0.158. The summed E-state index contributed by atoms with van der Waals surface area (Å²) in [6.45, 7) is 3.96. The maximum atomic E-state index is 12.8. The highest BCUT2D eigenvalue weighted by Gasteiger charge is 2.18. The lowest BCUT2D eigenvalue weighted by molar-refractivity contribution is 0.0996. The van der Waals surface area contributed by atoms with Crippen molar-refractivity contribution >= 4 is 17.4 Å². The van der Waals surface area contributed by atoms with Crippen LogP contribution in [0.1, 0.15) is 37.4 Å². The Morgan fingerprint density at radius 3 is 1.80 bits per heavy atom. The van der Waals surface area contributed by atoms with Crippen LogP contribution in [0.3, 0.4) is 0 Å². The molecule has 0 heterocycles. The quantitative estimate of drug-likeness (QED) is 0.700. The normalized spacial score (nSPS) is 10.3.